The first kappa shape index (κ1) is 23.1. The number of hydrogen-bond acceptors (Lipinski definition) is 3. The van der Waals surface area contributed by atoms with Crippen molar-refractivity contribution < 1.29 is 14.4 Å². The van der Waals surface area contributed by atoms with E-state index in [1.807, 2.05) is 18.2 Å². The van der Waals surface area contributed by atoms with Gasteiger partial charge in [-0.3, -0.25) is 4.79 Å². The van der Waals surface area contributed by atoms with E-state index in [0.29, 0.717) is 12.3 Å². The summed E-state index contributed by atoms with van der Waals surface area (Å²) in [4.78, 5) is 28.9. The zero-order chi connectivity index (χ0) is 21.7. The number of carbonyl (C=O) groups is 2. The number of benzene rings is 2. The highest BCUT2D eigenvalue weighted by molar-refractivity contribution is 5.79. The summed E-state index contributed by atoms with van der Waals surface area (Å²) >= 11 is 0. The Balaban J connectivity index is 1.28. The molecule has 4 heteroatoms. The summed E-state index contributed by atoms with van der Waals surface area (Å²) in [6.45, 7) is 0. The quantitative estimate of drug-likeness (QED) is 0.394. The zero-order valence-corrected chi connectivity index (χ0v) is 18.5. The fourth-order valence-corrected chi connectivity index (χ4v) is 4.31. The summed E-state index contributed by atoms with van der Waals surface area (Å²) in [5.41, 5.74) is 5.89. The molecule has 0 aromatic heterocycles. The van der Waals surface area contributed by atoms with E-state index in [1.165, 1.54) is 49.7 Å². The number of hydroxylamine groups is 1. The molecule has 0 spiro atoms. The van der Waals surface area contributed by atoms with Gasteiger partial charge < -0.3 is 4.84 Å². The Kier molecular flexibility index (Phi) is 9.62. The van der Waals surface area contributed by atoms with Crippen LogP contribution in [0.1, 0.15) is 74.5 Å². The lowest BCUT2D eigenvalue weighted by atomic mass is 9.86. The molecule has 4 nitrogen and oxygen atoms in total. The molecule has 1 fully saturated rings. The Bertz CT molecular complexity index is 795. The first-order valence-corrected chi connectivity index (χ1v) is 11.8. The van der Waals surface area contributed by atoms with Gasteiger partial charge in [-0.25, -0.2) is 4.79 Å². The third-order valence-corrected chi connectivity index (χ3v) is 6.17. The number of unbranched alkanes of at least 4 members (excludes halogenated alkanes) is 1. The van der Waals surface area contributed by atoms with Gasteiger partial charge in [-0.2, -0.15) is 5.48 Å². The number of aryl methyl sites for hydroxylation is 2. The summed E-state index contributed by atoms with van der Waals surface area (Å²) in [5.74, 6) is 0.000237. The molecule has 2 aromatic rings. The van der Waals surface area contributed by atoms with Crippen LogP contribution in [-0.2, 0) is 33.7 Å². The highest BCUT2D eigenvalue weighted by atomic mass is 16.7. The van der Waals surface area contributed by atoms with Crippen molar-refractivity contribution >= 4 is 11.9 Å². The van der Waals surface area contributed by atoms with Crippen molar-refractivity contribution in [2.24, 2.45) is 5.92 Å². The molecule has 0 aliphatic heterocycles. The maximum absolute atomic E-state index is 12.1. The van der Waals surface area contributed by atoms with Gasteiger partial charge in [0.25, 0.3) is 5.91 Å². The maximum atomic E-state index is 12.1. The smallest absolute Gasteiger partial charge is 0.332 e. The van der Waals surface area contributed by atoms with Crippen molar-refractivity contribution in [3.8, 4) is 0 Å². The van der Waals surface area contributed by atoms with Crippen molar-refractivity contribution in [3.63, 3.8) is 0 Å². The molecule has 0 saturated heterocycles. The van der Waals surface area contributed by atoms with Crippen LogP contribution < -0.4 is 5.48 Å². The molecule has 1 N–H and O–H groups in total. The van der Waals surface area contributed by atoms with E-state index in [0.717, 1.165) is 31.2 Å². The highest BCUT2D eigenvalue weighted by Crippen LogP contribution is 2.27. The van der Waals surface area contributed by atoms with Crippen LogP contribution in [0.3, 0.4) is 0 Å². The molecule has 0 bridgehead atoms. The molecule has 0 unspecified atom stereocenters. The maximum Gasteiger partial charge on any atom is 0.332 e. The second-order valence-electron chi connectivity index (χ2n) is 8.73. The Morgan fingerprint density at radius 3 is 2.10 bits per heavy atom. The fraction of sp³-hybridized carbons (Fsp3) is 0.481. The third kappa shape index (κ3) is 8.95. The molecular weight excluding hydrogens is 386 g/mol. The first-order chi connectivity index (χ1) is 15.2. The average Bonchev–Trinajstić information content (AvgIpc) is 2.81. The predicted octanol–water partition coefficient (Wildman–Crippen LogP) is 5.73. The lowest BCUT2D eigenvalue weighted by Gasteiger charge is -2.20. The molecule has 31 heavy (non-hydrogen) atoms. The van der Waals surface area contributed by atoms with Gasteiger partial charge in [0.05, 0.1) is 6.42 Å². The number of hydrogen-bond donors (Lipinski definition) is 1. The van der Waals surface area contributed by atoms with Crippen LogP contribution in [0.25, 0.3) is 0 Å². The summed E-state index contributed by atoms with van der Waals surface area (Å²) in [7, 11) is 0. The van der Waals surface area contributed by atoms with Crippen LogP contribution in [0.4, 0.5) is 0 Å². The first-order valence-electron chi connectivity index (χ1n) is 11.8. The standard InChI is InChI=1S/C27H35NO3/c29-26(28-31-27(30)20-19-23-11-5-2-6-12-23)21-25-17-15-24(16-18-25)14-8-7-13-22-9-3-1-4-10-22/h1,3-4,9-10,15-18,23H,2,5-8,11-14,19-21H2,(H,28,29). The second kappa shape index (κ2) is 12.9. The second-order valence-corrected chi connectivity index (χ2v) is 8.73. The van der Waals surface area contributed by atoms with Crippen molar-refractivity contribution in [3.05, 3.63) is 71.3 Å². The highest BCUT2D eigenvalue weighted by Gasteiger charge is 2.16. The van der Waals surface area contributed by atoms with Crippen molar-refractivity contribution in [2.75, 3.05) is 0 Å². The van der Waals surface area contributed by atoms with Crippen molar-refractivity contribution in [1.29, 1.82) is 0 Å². The van der Waals surface area contributed by atoms with E-state index < -0.39 is 0 Å². The SMILES string of the molecule is O=C(Cc1ccc(CCCCc2ccccc2)cc1)NOC(=O)CCC1CCCCC1. The molecule has 1 saturated carbocycles. The Labute approximate surface area is 186 Å². The third-order valence-electron chi connectivity index (χ3n) is 6.17. The van der Waals surface area contributed by atoms with E-state index in [9.17, 15) is 9.59 Å². The molecule has 0 radical (unpaired) electrons. The lowest BCUT2D eigenvalue weighted by Crippen LogP contribution is -2.28. The van der Waals surface area contributed by atoms with Crippen LogP contribution in [0.15, 0.2) is 54.6 Å². The minimum Gasteiger partial charge on any atom is -0.341 e. The van der Waals surface area contributed by atoms with Crippen molar-refractivity contribution in [2.45, 2.75) is 77.0 Å². The molecule has 1 aliphatic rings. The molecule has 166 valence electrons. The number of rotatable bonds is 10. The number of amides is 1. The van der Waals surface area contributed by atoms with E-state index >= 15 is 0 Å². The minimum atomic E-state index is -0.343. The van der Waals surface area contributed by atoms with Gasteiger partial charge >= 0.3 is 5.97 Å². The van der Waals surface area contributed by atoms with Gasteiger partial charge in [-0.15, -0.1) is 0 Å². The summed E-state index contributed by atoms with van der Waals surface area (Å²) in [6.07, 6.45) is 12.2. The monoisotopic (exact) mass is 421 g/mol. The number of carbonyl (C=O) groups excluding carboxylic acids is 2. The van der Waals surface area contributed by atoms with Crippen LogP contribution in [0.2, 0.25) is 0 Å². The molecule has 1 aliphatic carbocycles. The van der Waals surface area contributed by atoms with Gasteiger partial charge in [0.1, 0.15) is 0 Å². The van der Waals surface area contributed by atoms with Gasteiger partial charge in [-0.1, -0.05) is 86.7 Å². The van der Waals surface area contributed by atoms with Crippen LogP contribution >= 0.6 is 0 Å². The largest absolute Gasteiger partial charge is 0.341 e. The summed E-state index contributed by atoms with van der Waals surface area (Å²) < 4.78 is 0. The van der Waals surface area contributed by atoms with E-state index in [2.05, 4.69) is 41.9 Å². The Morgan fingerprint density at radius 1 is 0.806 bits per heavy atom. The van der Waals surface area contributed by atoms with Crippen LogP contribution in [0.5, 0.6) is 0 Å². The topological polar surface area (TPSA) is 55.4 Å². The van der Waals surface area contributed by atoms with Gasteiger partial charge in [0.2, 0.25) is 0 Å². The van der Waals surface area contributed by atoms with Gasteiger partial charge in [-0.05, 0) is 54.7 Å². The average molecular weight is 422 g/mol. The van der Waals surface area contributed by atoms with Crippen LogP contribution in [-0.4, -0.2) is 11.9 Å². The van der Waals surface area contributed by atoms with Crippen LogP contribution in [0, 0.1) is 5.92 Å². The Morgan fingerprint density at radius 2 is 1.42 bits per heavy atom. The van der Waals surface area contributed by atoms with E-state index in [1.54, 1.807) is 0 Å². The van der Waals surface area contributed by atoms with E-state index in [4.69, 9.17) is 4.84 Å². The molecule has 2 aromatic carbocycles. The molecule has 1 amide bonds. The lowest BCUT2D eigenvalue weighted by molar-refractivity contribution is -0.158. The molecule has 0 atom stereocenters. The summed E-state index contributed by atoms with van der Waals surface area (Å²) in [5, 5.41) is 0. The predicted molar refractivity (Wildman–Crippen MR) is 123 cm³/mol. The summed E-state index contributed by atoms with van der Waals surface area (Å²) in [6, 6.07) is 18.7. The zero-order valence-electron chi connectivity index (χ0n) is 18.5. The normalized spacial score (nSPS) is 14.2. The molecular formula is C27H35NO3. The molecule has 3 rings (SSSR count). The Hall–Kier alpha value is -2.62. The van der Waals surface area contributed by atoms with E-state index in [-0.39, 0.29) is 18.3 Å². The van der Waals surface area contributed by atoms with Crippen molar-refractivity contribution in [1.82, 2.24) is 5.48 Å². The number of nitrogens with one attached hydrogen (secondary N) is 1. The van der Waals surface area contributed by atoms with Gasteiger partial charge in [0.15, 0.2) is 0 Å². The fourth-order valence-electron chi connectivity index (χ4n) is 4.31. The van der Waals surface area contributed by atoms with Gasteiger partial charge in [0, 0.05) is 6.42 Å². The minimum absolute atomic E-state index is 0.212. The molecule has 0 heterocycles.